The molecule has 0 bridgehead atoms. The number of ether oxygens (including phenoxy) is 1. The highest BCUT2D eigenvalue weighted by Gasteiger charge is 2.29. The molecule has 1 aliphatic rings. The zero-order valence-corrected chi connectivity index (χ0v) is 21.8. The molecule has 0 unspecified atom stereocenters. The van der Waals surface area contributed by atoms with E-state index in [9.17, 15) is 23.1 Å². The quantitative estimate of drug-likeness (QED) is 0.342. The number of carbonyl (C=O) groups is 2. The van der Waals surface area contributed by atoms with Crippen LogP contribution in [0.5, 0.6) is 5.75 Å². The number of benzene rings is 2. The molecule has 9 nitrogen and oxygen atoms in total. The van der Waals surface area contributed by atoms with E-state index in [0.717, 1.165) is 35.4 Å². The molecule has 196 valence electrons. The number of nitrogens with one attached hydrogen (secondary N) is 1. The second kappa shape index (κ2) is 11.3. The number of sulfonamides is 1. The molecule has 11 heteroatoms. The van der Waals surface area contributed by atoms with Crippen LogP contribution in [0.15, 0.2) is 59.5 Å². The third-order valence-corrected chi connectivity index (χ3v) is 9.52. The molecule has 0 aliphatic carbocycles. The lowest BCUT2D eigenvalue weighted by Crippen LogP contribution is -2.39. The highest BCUT2D eigenvalue weighted by Crippen LogP contribution is 2.42. The summed E-state index contributed by atoms with van der Waals surface area (Å²) in [6, 6.07) is 16.0. The Morgan fingerprint density at radius 2 is 1.78 bits per heavy atom. The van der Waals surface area contributed by atoms with E-state index < -0.39 is 28.6 Å². The number of aromatic carboxylic acids is 1. The number of piperidine rings is 1. The van der Waals surface area contributed by atoms with Crippen LogP contribution >= 0.6 is 11.3 Å². The van der Waals surface area contributed by atoms with Crippen molar-refractivity contribution in [1.29, 1.82) is 0 Å². The van der Waals surface area contributed by atoms with Crippen LogP contribution in [0.4, 0.5) is 5.69 Å². The van der Waals surface area contributed by atoms with Gasteiger partial charge in [0.25, 0.3) is 0 Å². The number of anilines is 1. The third kappa shape index (κ3) is 6.12. The largest absolute Gasteiger partial charge is 0.480 e. The van der Waals surface area contributed by atoms with Crippen molar-refractivity contribution < 1.29 is 33.0 Å². The van der Waals surface area contributed by atoms with E-state index in [1.807, 2.05) is 24.3 Å². The van der Waals surface area contributed by atoms with Crippen LogP contribution in [0.25, 0.3) is 10.4 Å². The van der Waals surface area contributed by atoms with Gasteiger partial charge in [-0.2, -0.15) is 4.31 Å². The molecule has 37 heavy (non-hydrogen) atoms. The summed E-state index contributed by atoms with van der Waals surface area (Å²) in [7, 11) is -3.48. The number of carboxylic acids is 2. The Hall–Kier alpha value is -3.41. The van der Waals surface area contributed by atoms with Crippen LogP contribution in [-0.4, -0.2) is 61.1 Å². The Morgan fingerprint density at radius 1 is 1.08 bits per heavy atom. The predicted molar refractivity (Wildman–Crippen MR) is 141 cm³/mol. The summed E-state index contributed by atoms with van der Waals surface area (Å²) in [4.78, 5) is 23.6. The summed E-state index contributed by atoms with van der Waals surface area (Å²) < 4.78 is 32.5. The maximum Gasteiger partial charge on any atom is 0.349 e. The van der Waals surface area contributed by atoms with Gasteiger partial charge in [0.15, 0.2) is 11.5 Å². The number of rotatable bonds is 10. The fourth-order valence-electron chi connectivity index (χ4n) is 4.35. The van der Waals surface area contributed by atoms with Crippen molar-refractivity contribution in [2.45, 2.75) is 24.7 Å². The fourth-order valence-corrected chi connectivity index (χ4v) is 6.93. The highest BCUT2D eigenvalue weighted by molar-refractivity contribution is 7.89. The van der Waals surface area contributed by atoms with Crippen molar-refractivity contribution in [3.05, 3.63) is 65.0 Å². The molecule has 1 aromatic heterocycles. The summed E-state index contributed by atoms with van der Waals surface area (Å²) >= 11 is 1.05. The summed E-state index contributed by atoms with van der Waals surface area (Å²) in [6.45, 7) is 2.71. The number of hydrogen-bond donors (Lipinski definition) is 3. The first-order valence-electron chi connectivity index (χ1n) is 11.8. The summed E-state index contributed by atoms with van der Waals surface area (Å²) in [5.41, 5.74) is 2.23. The van der Waals surface area contributed by atoms with Crippen LogP contribution in [0.2, 0.25) is 0 Å². The molecule has 0 saturated carbocycles. The SMILES string of the molecule is Cc1c(-c2cccc(NCC3CCN(S(=O)(=O)c4ccccc4)CC3)c2)sc(C(=O)O)c1OCC(=O)O. The number of thiophene rings is 1. The van der Waals surface area contributed by atoms with Gasteiger partial charge in [0.2, 0.25) is 10.0 Å². The van der Waals surface area contributed by atoms with Gasteiger partial charge in [-0.15, -0.1) is 11.3 Å². The van der Waals surface area contributed by atoms with Crippen LogP contribution in [0, 0.1) is 12.8 Å². The van der Waals surface area contributed by atoms with Crippen molar-refractivity contribution >= 4 is 39.0 Å². The zero-order valence-electron chi connectivity index (χ0n) is 20.2. The van der Waals surface area contributed by atoms with E-state index in [1.54, 1.807) is 41.6 Å². The van der Waals surface area contributed by atoms with Crippen molar-refractivity contribution in [3.8, 4) is 16.2 Å². The standard InChI is InChI=1S/C26H28N2O7S2/c1-17-23(35-16-22(29)30)25(26(31)32)36-24(17)19-6-5-7-20(14-19)27-15-18-10-12-28(13-11-18)37(33,34)21-8-3-2-4-9-21/h2-9,14,18,27H,10-13,15-16H2,1H3,(H,29,30)(H,31,32). The first-order valence-corrected chi connectivity index (χ1v) is 14.0. The van der Waals surface area contributed by atoms with E-state index in [4.69, 9.17) is 9.84 Å². The van der Waals surface area contributed by atoms with E-state index in [2.05, 4.69) is 5.32 Å². The zero-order chi connectivity index (χ0) is 26.6. The number of hydrogen-bond acceptors (Lipinski definition) is 7. The minimum atomic E-state index is -3.48. The molecule has 3 aromatic rings. The van der Waals surface area contributed by atoms with Crippen LogP contribution in [0.3, 0.4) is 0 Å². The molecular formula is C26H28N2O7S2. The first-order chi connectivity index (χ1) is 17.7. The normalized spacial score (nSPS) is 14.8. The maximum absolute atomic E-state index is 12.9. The molecule has 0 atom stereocenters. The molecule has 1 saturated heterocycles. The Balaban J connectivity index is 1.40. The average molecular weight is 545 g/mol. The Labute approximate surface area is 219 Å². The van der Waals surface area contributed by atoms with Crippen molar-refractivity contribution in [3.63, 3.8) is 0 Å². The molecule has 3 N–H and O–H groups in total. The second-order valence-corrected chi connectivity index (χ2v) is 11.8. The molecule has 1 fully saturated rings. The van der Waals surface area contributed by atoms with Gasteiger partial charge in [0.1, 0.15) is 5.75 Å². The second-order valence-electron chi connectivity index (χ2n) is 8.82. The van der Waals surface area contributed by atoms with Gasteiger partial charge in [-0.1, -0.05) is 30.3 Å². The minimum absolute atomic E-state index is 0.0377. The topological polar surface area (TPSA) is 133 Å². The summed E-state index contributed by atoms with van der Waals surface area (Å²) in [5.74, 6) is -1.97. The van der Waals surface area contributed by atoms with Gasteiger partial charge >= 0.3 is 11.9 Å². The Kier molecular flexibility index (Phi) is 8.16. The lowest BCUT2D eigenvalue weighted by atomic mass is 9.98. The molecule has 0 spiro atoms. The smallest absolute Gasteiger partial charge is 0.349 e. The van der Waals surface area contributed by atoms with E-state index in [-0.39, 0.29) is 10.6 Å². The number of nitrogens with zero attached hydrogens (tertiary/aromatic N) is 1. The lowest BCUT2D eigenvalue weighted by Gasteiger charge is -2.31. The van der Waals surface area contributed by atoms with Crippen LogP contribution < -0.4 is 10.1 Å². The van der Waals surface area contributed by atoms with Crippen molar-refractivity contribution in [2.75, 3.05) is 31.6 Å². The number of carboxylic acid groups (broad SMARTS) is 2. The minimum Gasteiger partial charge on any atom is -0.480 e. The van der Waals surface area contributed by atoms with E-state index >= 15 is 0 Å². The number of aliphatic carboxylic acids is 1. The third-order valence-electron chi connectivity index (χ3n) is 6.30. The van der Waals surface area contributed by atoms with Gasteiger partial charge in [0, 0.05) is 35.8 Å². The van der Waals surface area contributed by atoms with Gasteiger partial charge in [-0.3, -0.25) is 0 Å². The van der Waals surface area contributed by atoms with E-state index in [1.165, 1.54) is 0 Å². The Bertz CT molecular complexity index is 1380. The van der Waals surface area contributed by atoms with Gasteiger partial charge < -0.3 is 20.3 Å². The fraction of sp³-hybridized carbons (Fsp3) is 0.308. The monoisotopic (exact) mass is 544 g/mol. The molecule has 2 aromatic carbocycles. The van der Waals surface area contributed by atoms with Crippen LogP contribution in [0.1, 0.15) is 28.1 Å². The molecule has 2 heterocycles. The van der Waals surface area contributed by atoms with Gasteiger partial charge in [-0.05, 0) is 55.5 Å². The lowest BCUT2D eigenvalue weighted by molar-refractivity contribution is -0.139. The highest BCUT2D eigenvalue weighted by atomic mass is 32.2. The van der Waals surface area contributed by atoms with E-state index in [0.29, 0.717) is 40.9 Å². The molecule has 1 aliphatic heterocycles. The molecule has 0 amide bonds. The van der Waals surface area contributed by atoms with Crippen LogP contribution in [-0.2, 0) is 14.8 Å². The molecular weight excluding hydrogens is 516 g/mol. The summed E-state index contributed by atoms with van der Waals surface area (Å²) in [5, 5.41) is 21.9. The maximum atomic E-state index is 12.9. The van der Waals surface area contributed by atoms with Crippen molar-refractivity contribution in [2.24, 2.45) is 5.92 Å². The molecule has 0 radical (unpaired) electrons. The average Bonchev–Trinajstić information content (AvgIpc) is 3.23. The van der Waals surface area contributed by atoms with Gasteiger partial charge in [0.05, 0.1) is 4.90 Å². The predicted octanol–water partition coefficient (Wildman–Crippen LogP) is 4.40. The first kappa shape index (κ1) is 26.6. The summed E-state index contributed by atoms with van der Waals surface area (Å²) in [6.07, 6.45) is 1.49. The van der Waals surface area contributed by atoms with Crippen molar-refractivity contribution in [1.82, 2.24) is 4.31 Å². The Morgan fingerprint density at radius 3 is 2.43 bits per heavy atom. The molecule has 4 rings (SSSR count). The van der Waals surface area contributed by atoms with Gasteiger partial charge in [-0.25, -0.2) is 18.0 Å².